The number of rotatable bonds is 10. The lowest BCUT2D eigenvalue weighted by Gasteiger charge is -2.06. The molecule has 3 nitrogen and oxygen atoms in total. The van der Waals surface area contributed by atoms with Gasteiger partial charge in [-0.15, -0.1) is 0 Å². The van der Waals surface area contributed by atoms with Crippen LogP contribution in [0.2, 0.25) is 10.3 Å². The number of carbonyl (C=O) groups excluding carboxylic acids is 1. The molecule has 0 fully saturated rings. The lowest BCUT2D eigenvalue weighted by atomic mass is 10.1. The zero-order chi connectivity index (χ0) is 15.5. The Morgan fingerprint density at radius 1 is 1.00 bits per heavy atom. The van der Waals surface area contributed by atoms with Crippen molar-refractivity contribution in [2.75, 3.05) is 6.54 Å². The van der Waals surface area contributed by atoms with Crippen LogP contribution in [0, 0.1) is 0 Å². The summed E-state index contributed by atoms with van der Waals surface area (Å²) in [4.78, 5) is 15.7. The van der Waals surface area contributed by atoms with Gasteiger partial charge in [0, 0.05) is 12.1 Å². The minimum atomic E-state index is -0.149. The van der Waals surface area contributed by atoms with E-state index in [4.69, 9.17) is 23.2 Å². The Morgan fingerprint density at radius 3 is 2.10 bits per heavy atom. The van der Waals surface area contributed by atoms with Gasteiger partial charge in [0.05, 0.1) is 0 Å². The molecule has 0 aliphatic rings. The van der Waals surface area contributed by atoms with E-state index in [0.29, 0.717) is 12.1 Å². The molecule has 0 radical (unpaired) electrons. The van der Waals surface area contributed by atoms with Crippen molar-refractivity contribution in [2.45, 2.75) is 58.3 Å². The third kappa shape index (κ3) is 8.27. The molecule has 21 heavy (non-hydrogen) atoms. The van der Waals surface area contributed by atoms with Crippen LogP contribution in [0.5, 0.6) is 0 Å². The Labute approximate surface area is 137 Å². The number of hydrogen-bond acceptors (Lipinski definition) is 2. The first-order valence-corrected chi connectivity index (χ1v) is 8.50. The van der Waals surface area contributed by atoms with Crippen LogP contribution in [0.1, 0.15) is 68.6 Å². The lowest BCUT2D eigenvalue weighted by Crippen LogP contribution is -2.24. The number of pyridine rings is 1. The number of nitrogens with zero attached hydrogens (tertiary/aromatic N) is 1. The van der Waals surface area contributed by atoms with Crippen LogP contribution < -0.4 is 5.32 Å². The number of unbranched alkanes of at least 4 members (excludes halogenated alkanes) is 7. The van der Waals surface area contributed by atoms with E-state index in [-0.39, 0.29) is 16.2 Å². The SMILES string of the molecule is CCCCCCCCCCNC(=O)c1cc(Cl)nc(Cl)c1. The van der Waals surface area contributed by atoms with Crippen LogP contribution >= 0.6 is 23.2 Å². The van der Waals surface area contributed by atoms with Crippen LogP contribution in [-0.2, 0) is 0 Å². The average molecular weight is 331 g/mol. The van der Waals surface area contributed by atoms with E-state index in [1.807, 2.05) is 0 Å². The maximum atomic E-state index is 11.9. The van der Waals surface area contributed by atoms with Gasteiger partial charge >= 0.3 is 0 Å². The Morgan fingerprint density at radius 2 is 1.52 bits per heavy atom. The summed E-state index contributed by atoms with van der Waals surface area (Å²) < 4.78 is 0. The molecule has 1 rings (SSSR count). The molecule has 1 N–H and O–H groups in total. The molecule has 1 heterocycles. The van der Waals surface area contributed by atoms with Crippen molar-refractivity contribution in [3.05, 3.63) is 28.0 Å². The van der Waals surface area contributed by atoms with E-state index in [1.165, 1.54) is 50.7 Å². The largest absolute Gasteiger partial charge is 0.352 e. The Kier molecular flexibility index (Phi) is 9.44. The predicted octanol–water partition coefficient (Wildman–Crippen LogP) is 5.26. The molecule has 0 spiro atoms. The van der Waals surface area contributed by atoms with Gasteiger partial charge in [-0.2, -0.15) is 0 Å². The van der Waals surface area contributed by atoms with Gasteiger partial charge in [0.1, 0.15) is 10.3 Å². The van der Waals surface area contributed by atoms with E-state index in [0.717, 1.165) is 12.8 Å². The molecule has 0 unspecified atom stereocenters. The van der Waals surface area contributed by atoms with Gasteiger partial charge in [0.15, 0.2) is 0 Å². The van der Waals surface area contributed by atoms with E-state index < -0.39 is 0 Å². The zero-order valence-electron chi connectivity index (χ0n) is 12.6. The molecule has 0 saturated heterocycles. The van der Waals surface area contributed by atoms with Crippen LogP contribution in [0.25, 0.3) is 0 Å². The number of amides is 1. The summed E-state index contributed by atoms with van der Waals surface area (Å²) in [7, 11) is 0. The van der Waals surface area contributed by atoms with E-state index in [9.17, 15) is 4.79 Å². The third-order valence-electron chi connectivity index (χ3n) is 3.34. The van der Waals surface area contributed by atoms with Gasteiger partial charge in [-0.1, -0.05) is 75.1 Å². The molecule has 0 atom stereocenters. The summed E-state index contributed by atoms with van der Waals surface area (Å²) in [6.45, 7) is 2.91. The van der Waals surface area contributed by atoms with Crippen molar-refractivity contribution in [1.82, 2.24) is 10.3 Å². The monoisotopic (exact) mass is 330 g/mol. The molecule has 1 amide bonds. The highest BCUT2D eigenvalue weighted by Gasteiger charge is 2.07. The number of aromatic nitrogens is 1. The Bertz CT molecular complexity index is 418. The third-order valence-corrected chi connectivity index (χ3v) is 3.73. The van der Waals surface area contributed by atoms with Gasteiger partial charge in [-0.05, 0) is 18.6 Å². The second-order valence-electron chi connectivity index (χ2n) is 5.23. The summed E-state index contributed by atoms with van der Waals surface area (Å²) in [5.74, 6) is -0.149. The Hall–Kier alpha value is -0.800. The summed E-state index contributed by atoms with van der Waals surface area (Å²) in [6.07, 6.45) is 10.00. The summed E-state index contributed by atoms with van der Waals surface area (Å²) in [6, 6.07) is 3.05. The minimum absolute atomic E-state index is 0.149. The molecule has 1 aromatic heterocycles. The smallest absolute Gasteiger partial charge is 0.251 e. The van der Waals surface area contributed by atoms with Crippen LogP contribution in [0.3, 0.4) is 0 Å². The Balaban J connectivity index is 2.11. The second kappa shape index (κ2) is 10.9. The molecule has 118 valence electrons. The average Bonchev–Trinajstić information content (AvgIpc) is 2.44. The lowest BCUT2D eigenvalue weighted by molar-refractivity contribution is 0.0953. The maximum Gasteiger partial charge on any atom is 0.251 e. The number of halogens is 2. The summed E-state index contributed by atoms with van der Waals surface area (Å²) in [5, 5.41) is 3.35. The van der Waals surface area contributed by atoms with Crippen molar-refractivity contribution in [3.8, 4) is 0 Å². The van der Waals surface area contributed by atoms with Gasteiger partial charge in [-0.3, -0.25) is 4.79 Å². The van der Waals surface area contributed by atoms with Gasteiger partial charge in [0.2, 0.25) is 0 Å². The number of carbonyl (C=O) groups is 1. The molecule has 0 aliphatic carbocycles. The van der Waals surface area contributed by atoms with Crippen molar-refractivity contribution >= 4 is 29.1 Å². The van der Waals surface area contributed by atoms with E-state index >= 15 is 0 Å². The topological polar surface area (TPSA) is 42.0 Å². The first-order valence-electron chi connectivity index (χ1n) is 7.74. The van der Waals surface area contributed by atoms with Crippen molar-refractivity contribution in [1.29, 1.82) is 0 Å². The van der Waals surface area contributed by atoms with Crippen molar-refractivity contribution in [2.24, 2.45) is 0 Å². The first-order chi connectivity index (χ1) is 10.1. The van der Waals surface area contributed by atoms with Crippen LogP contribution in [0.15, 0.2) is 12.1 Å². The molecule has 0 aliphatic heterocycles. The highest BCUT2D eigenvalue weighted by molar-refractivity contribution is 6.33. The van der Waals surface area contributed by atoms with E-state index in [1.54, 1.807) is 0 Å². The van der Waals surface area contributed by atoms with E-state index in [2.05, 4.69) is 17.2 Å². The fourth-order valence-electron chi connectivity index (χ4n) is 2.16. The number of nitrogens with one attached hydrogen (secondary N) is 1. The van der Waals surface area contributed by atoms with Crippen LogP contribution in [0.4, 0.5) is 0 Å². The normalized spacial score (nSPS) is 10.6. The predicted molar refractivity (Wildman–Crippen MR) is 89.2 cm³/mol. The minimum Gasteiger partial charge on any atom is -0.352 e. The molecule has 1 aromatic rings. The summed E-state index contributed by atoms with van der Waals surface area (Å²) in [5.41, 5.74) is 0.458. The highest BCUT2D eigenvalue weighted by Crippen LogP contribution is 2.14. The molecule has 0 saturated carbocycles. The fourth-order valence-corrected chi connectivity index (χ4v) is 2.62. The standard InChI is InChI=1S/C16H24Cl2N2O/c1-2-3-4-5-6-7-8-9-10-19-16(21)13-11-14(17)20-15(18)12-13/h11-12H,2-10H2,1H3,(H,19,21). The summed E-state index contributed by atoms with van der Waals surface area (Å²) >= 11 is 11.5. The zero-order valence-corrected chi connectivity index (χ0v) is 14.1. The first kappa shape index (κ1) is 18.2. The molecule has 0 bridgehead atoms. The fraction of sp³-hybridized carbons (Fsp3) is 0.625. The molecular weight excluding hydrogens is 307 g/mol. The van der Waals surface area contributed by atoms with Crippen molar-refractivity contribution in [3.63, 3.8) is 0 Å². The number of hydrogen-bond donors (Lipinski definition) is 1. The van der Waals surface area contributed by atoms with Crippen molar-refractivity contribution < 1.29 is 4.79 Å². The second-order valence-corrected chi connectivity index (χ2v) is 6.01. The maximum absolute atomic E-state index is 11.9. The molecular formula is C16H24Cl2N2O. The van der Waals surface area contributed by atoms with Gasteiger partial charge < -0.3 is 5.32 Å². The molecule has 5 heteroatoms. The van der Waals surface area contributed by atoms with Gasteiger partial charge in [0.25, 0.3) is 5.91 Å². The highest BCUT2D eigenvalue weighted by atomic mass is 35.5. The van der Waals surface area contributed by atoms with Gasteiger partial charge in [-0.25, -0.2) is 4.98 Å². The quantitative estimate of drug-likeness (QED) is 0.469. The van der Waals surface area contributed by atoms with Crippen LogP contribution in [-0.4, -0.2) is 17.4 Å². The molecule has 0 aromatic carbocycles.